The largest absolute Gasteiger partial charge is 0.484 e. The maximum absolute atomic E-state index is 12.4. The van der Waals surface area contributed by atoms with E-state index >= 15 is 0 Å². The highest BCUT2D eigenvalue weighted by atomic mass is 35.5. The van der Waals surface area contributed by atoms with Gasteiger partial charge < -0.3 is 15.0 Å². The van der Waals surface area contributed by atoms with Crippen LogP contribution in [0.25, 0.3) is 11.3 Å². The first kappa shape index (κ1) is 20.3. The molecular formula is C23H25ClN4O2. The number of benzene rings is 2. The van der Waals surface area contributed by atoms with Crippen molar-refractivity contribution in [3.8, 4) is 17.0 Å². The van der Waals surface area contributed by atoms with Crippen molar-refractivity contribution in [1.82, 2.24) is 10.2 Å². The molecule has 0 bridgehead atoms. The summed E-state index contributed by atoms with van der Waals surface area (Å²) in [5, 5.41) is 10.9. The van der Waals surface area contributed by atoms with E-state index in [0.29, 0.717) is 16.5 Å². The molecule has 2 heterocycles. The zero-order valence-corrected chi connectivity index (χ0v) is 17.7. The molecule has 1 fully saturated rings. The van der Waals surface area contributed by atoms with Crippen molar-refractivity contribution in [1.29, 1.82) is 0 Å². The molecule has 0 unspecified atom stereocenters. The summed E-state index contributed by atoms with van der Waals surface area (Å²) in [6.07, 6.45) is 3.80. The summed E-state index contributed by atoms with van der Waals surface area (Å²) in [7, 11) is 0. The summed E-state index contributed by atoms with van der Waals surface area (Å²) in [6, 6.07) is 15.3. The van der Waals surface area contributed by atoms with Crippen LogP contribution in [-0.4, -0.2) is 35.8 Å². The van der Waals surface area contributed by atoms with Crippen LogP contribution in [0.1, 0.15) is 25.0 Å². The minimum Gasteiger partial charge on any atom is -0.484 e. The first-order valence-corrected chi connectivity index (χ1v) is 10.6. The molecule has 1 saturated heterocycles. The molecule has 30 heavy (non-hydrogen) atoms. The number of aromatic amines is 1. The van der Waals surface area contributed by atoms with Crippen molar-refractivity contribution in [3.05, 3.63) is 59.2 Å². The number of nitrogens with zero attached hydrogens (tertiary/aromatic N) is 2. The Balaban J connectivity index is 1.43. The Bertz CT molecular complexity index is 993. The lowest BCUT2D eigenvalue weighted by atomic mass is 10.1. The average molecular weight is 425 g/mol. The highest BCUT2D eigenvalue weighted by molar-refractivity contribution is 6.30. The zero-order valence-electron chi connectivity index (χ0n) is 17.0. The summed E-state index contributed by atoms with van der Waals surface area (Å²) in [4.78, 5) is 14.9. The minimum absolute atomic E-state index is 0.0976. The molecule has 4 rings (SSSR count). The molecule has 1 aromatic heterocycles. The van der Waals surface area contributed by atoms with Crippen LogP contribution >= 0.6 is 11.6 Å². The molecule has 0 saturated carbocycles. The Labute approximate surface area is 181 Å². The van der Waals surface area contributed by atoms with Crippen LogP contribution in [0.5, 0.6) is 5.75 Å². The number of carbonyl (C=O) groups is 1. The number of ether oxygens (including phenoxy) is 1. The third-order valence-corrected chi connectivity index (χ3v) is 5.51. The fraction of sp³-hybridized carbons (Fsp3) is 0.304. The van der Waals surface area contributed by atoms with Gasteiger partial charge in [-0.2, -0.15) is 5.10 Å². The lowest BCUT2D eigenvalue weighted by Gasteiger charge is -2.28. The van der Waals surface area contributed by atoms with Crippen LogP contribution in [0.15, 0.2) is 48.5 Å². The number of nitrogens with one attached hydrogen (secondary N) is 2. The highest BCUT2D eigenvalue weighted by Gasteiger charge is 2.16. The van der Waals surface area contributed by atoms with Gasteiger partial charge in [0.15, 0.2) is 6.61 Å². The van der Waals surface area contributed by atoms with Gasteiger partial charge in [0.05, 0.1) is 11.4 Å². The van der Waals surface area contributed by atoms with Gasteiger partial charge in [-0.05, 0) is 62.6 Å². The van der Waals surface area contributed by atoms with Crippen molar-refractivity contribution in [3.63, 3.8) is 0 Å². The smallest absolute Gasteiger partial charge is 0.262 e. The number of rotatable bonds is 6. The monoisotopic (exact) mass is 424 g/mol. The Morgan fingerprint density at radius 2 is 1.80 bits per heavy atom. The van der Waals surface area contributed by atoms with Crippen LogP contribution in [-0.2, 0) is 4.79 Å². The minimum atomic E-state index is -0.249. The van der Waals surface area contributed by atoms with E-state index in [1.54, 1.807) is 24.3 Å². The molecule has 0 radical (unpaired) electrons. The number of amides is 1. The second-order valence-electron chi connectivity index (χ2n) is 7.46. The number of carbonyl (C=O) groups excluding carboxylic acids is 1. The highest BCUT2D eigenvalue weighted by Crippen LogP contribution is 2.30. The summed E-state index contributed by atoms with van der Waals surface area (Å²) >= 11 is 5.87. The van der Waals surface area contributed by atoms with Gasteiger partial charge in [0.25, 0.3) is 5.91 Å². The van der Waals surface area contributed by atoms with E-state index in [4.69, 9.17) is 16.3 Å². The van der Waals surface area contributed by atoms with Crippen LogP contribution in [0.3, 0.4) is 0 Å². The summed E-state index contributed by atoms with van der Waals surface area (Å²) in [6.45, 7) is 4.00. The third-order valence-electron chi connectivity index (χ3n) is 5.26. The number of H-pyrrole nitrogens is 1. The fourth-order valence-corrected chi connectivity index (χ4v) is 3.75. The van der Waals surface area contributed by atoms with E-state index in [2.05, 4.69) is 44.7 Å². The second-order valence-corrected chi connectivity index (χ2v) is 7.89. The van der Waals surface area contributed by atoms with Crippen molar-refractivity contribution >= 4 is 28.9 Å². The molecule has 6 nitrogen and oxygen atoms in total. The Morgan fingerprint density at radius 3 is 2.50 bits per heavy atom. The van der Waals surface area contributed by atoms with E-state index < -0.39 is 0 Å². The second kappa shape index (κ2) is 9.22. The molecular weight excluding hydrogens is 400 g/mol. The van der Waals surface area contributed by atoms with Crippen molar-refractivity contribution in [2.24, 2.45) is 0 Å². The Morgan fingerprint density at radius 1 is 1.10 bits per heavy atom. The van der Waals surface area contributed by atoms with Gasteiger partial charge >= 0.3 is 0 Å². The molecule has 0 spiro atoms. The molecule has 1 aliphatic heterocycles. The van der Waals surface area contributed by atoms with Crippen LogP contribution < -0.4 is 15.0 Å². The Hall–Kier alpha value is -2.99. The van der Waals surface area contributed by atoms with Gasteiger partial charge in [-0.25, -0.2) is 0 Å². The molecule has 0 aliphatic carbocycles. The molecule has 2 aromatic carbocycles. The SMILES string of the molecule is Cc1[nH]nc(-c2ccc(N3CCCCC3)cc2)c1NC(=O)COc1ccc(Cl)cc1. The zero-order chi connectivity index (χ0) is 20.9. The molecule has 7 heteroatoms. The number of anilines is 2. The van der Waals surface area contributed by atoms with Gasteiger partial charge in [0.2, 0.25) is 0 Å². The van der Waals surface area contributed by atoms with E-state index in [1.807, 2.05) is 6.92 Å². The van der Waals surface area contributed by atoms with Crippen molar-refractivity contribution in [2.75, 3.05) is 29.9 Å². The van der Waals surface area contributed by atoms with Gasteiger partial charge in [0.1, 0.15) is 11.4 Å². The third kappa shape index (κ3) is 4.76. The van der Waals surface area contributed by atoms with Crippen molar-refractivity contribution in [2.45, 2.75) is 26.2 Å². The summed E-state index contributed by atoms with van der Waals surface area (Å²) in [5.74, 6) is 0.340. The number of hydrogen-bond acceptors (Lipinski definition) is 4. The van der Waals surface area contributed by atoms with Crippen molar-refractivity contribution < 1.29 is 9.53 Å². The quantitative estimate of drug-likeness (QED) is 0.581. The van der Waals surface area contributed by atoms with E-state index in [0.717, 1.165) is 30.0 Å². The topological polar surface area (TPSA) is 70.2 Å². The van der Waals surface area contributed by atoms with Crippen LogP contribution in [0.4, 0.5) is 11.4 Å². The van der Waals surface area contributed by atoms with Crippen LogP contribution in [0, 0.1) is 6.92 Å². The predicted molar refractivity (Wildman–Crippen MR) is 120 cm³/mol. The maximum atomic E-state index is 12.4. The van der Waals surface area contributed by atoms with Crippen LogP contribution in [0.2, 0.25) is 5.02 Å². The van der Waals surface area contributed by atoms with Gasteiger partial charge in [-0.15, -0.1) is 0 Å². The molecule has 2 N–H and O–H groups in total. The number of piperidine rings is 1. The molecule has 0 atom stereocenters. The standard InChI is InChI=1S/C23H25ClN4O2/c1-16-22(25-21(29)15-30-20-11-7-18(24)8-12-20)23(27-26-16)17-5-9-19(10-6-17)28-13-3-2-4-14-28/h5-12H,2-4,13-15H2,1H3,(H,25,29)(H,26,27). The number of hydrogen-bond donors (Lipinski definition) is 2. The Kier molecular flexibility index (Phi) is 6.23. The maximum Gasteiger partial charge on any atom is 0.262 e. The number of aryl methyl sites for hydroxylation is 1. The van der Waals surface area contributed by atoms with Gasteiger partial charge in [-0.3, -0.25) is 9.89 Å². The molecule has 1 amide bonds. The fourth-order valence-electron chi connectivity index (χ4n) is 3.63. The molecule has 156 valence electrons. The summed E-state index contributed by atoms with van der Waals surface area (Å²) < 4.78 is 5.53. The van der Waals surface area contributed by atoms with Gasteiger partial charge in [0, 0.05) is 29.4 Å². The molecule has 1 aliphatic rings. The normalized spacial score (nSPS) is 13.9. The lowest BCUT2D eigenvalue weighted by Crippen LogP contribution is -2.29. The first-order valence-electron chi connectivity index (χ1n) is 10.2. The molecule has 3 aromatic rings. The number of aromatic nitrogens is 2. The lowest BCUT2D eigenvalue weighted by molar-refractivity contribution is -0.118. The predicted octanol–water partition coefficient (Wildman–Crippen LogP) is 5.05. The average Bonchev–Trinajstić information content (AvgIpc) is 3.14. The van der Waals surface area contributed by atoms with Gasteiger partial charge in [-0.1, -0.05) is 23.7 Å². The van der Waals surface area contributed by atoms with E-state index in [9.17, 15) is 4.79 Å². The number of halogens is 1. The van der Waals surface area contributed by atoms with E-state index in [-0.39, 0.29) is 12.5 Å². The van der Waals surface area contributed by atoms with E-state index in [1.165, 1.54) is 24.9 Å². The summed E-state index contributed by atoms with van der Waals surface area (Å²) in [5.41, 5.74) is 4.37. The first-order chi connectivity index (χ1) is 14.6.